The highest BCUT2D eigenvalue weighted by molar-refractivity contribution is 7.80. The zero-order valence-electron chi connectivity index (χ0n) is 43.6. The Labute approximate surface area is 443 Å². The third-order valence-electron chi connectivity index (χ3n) is 12.6. The van der Waals surface area contributed by atoms with E-state index in [1.807, 2.05) is 6.92 Å². The van der Waals surface area contributed by atoms with Crippen molar-refractivity contribution < 1.29 is 58.2 Å². The molecule has 0 aromatic rings. The zero-order chi connectivity index (χ0) is 56.8. The normalized spacial score (nSPS) is 17.2. The third-order valence-corrected chi connectivity index (χ3v) is 13.0. The number of nitrogens with zero attached hydrogens (tertiary/aromatic N) is 2. The molecule has 1 saturated heterocycles. The second-order valence-corrected chi connectivity index (χ2v) is 19.1. The summed E-state index contributed by atoms with van der Waals surface area (Å²) in [6.07, 6.45) is 1.56. The first-order chi connectivity index (χ1) is 35.5. The molecular formula is C46H86N16O12S. The van der Waals surface area contributed by atoms with Gasteiger partial charge < -0.3 is 92.5 Å². The van der Waals surface area contributed by atoms with Gasteiger partial charge in [0.25, 0.3) is 0 Å². The molecule has 1 rings (SSSR count). The SMILES string of the molecule is CCC(C)C(N)C(=O)NC(CCCCN)C(=O)NC(CC(N)=O)C(=O)NC(CS)C(=O)N1CCCC1C(=O)NC(CCCCN)C(=O)NC(CCCCN)C(=O)NC(C(=O)NC(CCCN=C(N)N)C(=O)O)C(C)O. The number of carbonyl (C=O) groups is 10. The van der Waals surface area contributed by atoms with E-state index in [0.717, 1.165) is 0 Å². The average Bonchev–Trinajstić information content (AvgIpc) is 3.86. The topological polar surface area (TPSA) is 493 Å². The Balaban J connectivity index is 3.35. The van der Waals surface area contributed by atoms with E-state index in [9.17, 15) is 58.2 Å². The quantitative estimate of drug-likeness (QED) is 0.0119. The van der Waals surface area contributed by atoms with Crippen LogP contribution in [0.4, 0.5) is 0 Å². The number of nitrogens with two attached hydrogens (primary N) is 7. The summed E-state index contributed by atoms with van der Waals surface area (Å²) in [5.74, 6) is -9.71. The average molecular weight is 1090 g/mol. The van der Waals surface area contributed by atoms with Crippen molar-refractivity contribution in [2.75, 3.05) is 38.5 Å². The molecule has 0 aromatic heterocycles. The van der Waals surface area contributed by atoms with Crippen molar-refractivity contribution >= 4 is 77.7 Å². The number of nitrogens with one attached hydrogen (secondary N) is 7. The Morgan fingerprint density at radius 2 is 1.08 bits per heavy atom. The number of carboxylic acids is 1. The molecule has 1 heterocycles. The Morgan fingerprint density at radius 3 is 1.55 bits per heavy atom. The number of aliphatic imine (C=N–C) groups is 1. The summed E-state index contributed by atoms with van der Waals surface area (Å²) in [6.45, 7) is 5.76. The van der Waals surface area contributed by atoms with Crippen molar-refractivity contribution in [3.8, 4) is 0 Å². The number of carboxylic acid groups (broad SMARTS) is 1. The molecule has 428 valence electrons. The van der Waals surface area contributed by atoms with Gasteiger partial charge in [-0.25, -0.2) is 4.79 Å². The number of likely N-dealkylation sites (tertiary alicyclic amines) is 1. The monoisotopic (exact) mass is 1090 g/mol. The Morgan fingerprint density at radius 1 is 0.627 bits per heavy atom. The summed E-state index contributed by atoms with van der Waals surface area (Å²) in [7, 11) is 0. The number of rotatable bonds is 38. The highest BCUT2D eigenvalue weighted by atomic mass is 32.1. The molecule has 0 bridgehead atoms. The molecule has 0 saturated carbocycles. The van der Waals surface area contributed by atoms with Gasteiger partial charge in [-0.05, 0) is 116 Å². The van der Waals surface area contributed by atoms with Crippen LogP contribution in [-0.4, -0.2) is 179 Å². The standard InChI is InChI=1S/C46H86N16O12S/c1-4-25(2)35(51)42(70)57-28(14-6-9-19-48)38(66)59-31(23-34(50)64)40(68)60-32(24-75)44(72)62-22-12-17-33(62)41(69)56-27(13-5-8-18-47)37(65)55-29(15-7-10-20-49)39(67)61-36(26(3)63)43(71)58-30(45(73)74)16-11-21-54-46(52)53/h25-33,35-36,63,75H,4-24,47-49,51H2,1-3H3,(H2,50,64)(H,55,65)(H,56,69)(H,57,70)(H,58,71)(H,59,66)(H,60,68)(H,61,67)(H,73,74)(H4,52,53,54). The van der Waals surface area contributed by atoms with Crippen molar-refractivity contribution in [1.82, 2.24) is 42.1 Å². The minimum absolute atomic E-state index is 0.000317. The van der Waals surface area contributed by atoms with Crippen molar-refractivity contribution in [3.05, 3.63) is 0 Å². The number of thiol groups is 1. The maximum absolute atomic E-state index is 14.1. The van der Waals surface area contributed by atoms with Gasteiger partial charge in [-0.3, -0.25) is 48.1 Å². The van der Waals surface area contributed by atoms with E-state index in [0.29, 0.717) is 57.9 Å². The molecule has 28 nitrogen and oxygen atoms in total. The number of aliphatic hydroxyl groups is 1. The molecule has 0 spiro atoms. The summed E-state index contributed by atoms with van der Waals surface area (Å²) < 4.78 is 0. The van der Waals surface area contributed by atoms with E-state index >= 15 is 0 Å². The van der Waals surface area contributed by atoms with E-state index < -0.39 is 126 Å². The number of guanidine groups is 1. The molecule has 29 heteroatoms. The molecule has 1 aliphatic rings. The number of carbonyl (C=O) groups excluding carboxylic acids is 9. The molecule has 11 atom stereocenters. The molecule has 0 aliphatic carbocycles. The fraction of sp³-hybridized carbons (Fsp3) is 0.761. The van der Waals surface area contributed by atoms with E-state index in [1.165, 1.54) is 11.8 Å². The first-order valence-corrected chi connectivity index (χ1v) is 26.3. The molecule has 0 radical (unpaired) electrons. The van der Waals surface area contributed by atoms with Crippen LogP contribution in [0.2, 0.25) is 0 Å². The molecule has 23 N–H and O–H groups in total. The maximum Gasteiger partial charge on any atom is 0.326 e. The minimum Gasteiger partial charge on any atom is -0.480 e. The van der Waals surface area contributed by atoms with Gasteiger partial charge in [-0.2, -0.15) is 12.6 Å². The van der Waals surface area contributed by atoms with E-state index in [2.05, 4.69) is 54.8 Å². The predicted molar refractivity (Wildman–Crippen MR) is 281 cm³/mol. The Kier molecular flexibility index (Phi) is 32.4. The van der Waals surface area contributed by atoms with Crippen molar-refractivity contribution in [2.45, 2.75) is 178 Å². The van der Waals surface area contributed by atoms with Crippen LogP contribution in [-0.2, 0) is 47.9 Å². The predicted octanol–water partition coefficient (Wildman–Crippen LogP) is -5.54. The molecule has 11 unspecified atom stereocenters. The van der Waals surface area contributed by atoms with Gasteiger partial charge in [0.1, 0.15) is 48.3 Å². The van der Waals surface area contributed by atoms with Crippen LogP contribution in [0.15, 0.2) is 4.99 Å². The fourth-order valence-electron chi connectivity index (χ4n) is 7.93. The van der Waals surface area contributed by atoms with E-state index in [1.54, 1.807) is 6.92 Å². The van der Waals surface area contributed by atoms with Gasteiger partial charge >= 0.3 is 5.97 Å². The van der Waals surface area contributed by atoms with Crippen molar-refractivity contribution in [2.24, 2.45) is 51.0 Å². The molecule has 9 amide bonds. The number of hydrogen-bond donors (Lipinski definition) is 17. The van der Waals surface area contributed by atoms with Gasteiger partial charge in [-0.15, -0.1) is 0 Å². The number of hydrogen-bond acceptors (Lipinski definition) is 17. The van der Waals surface area contributed by atoms with Crippen LogP contribution in [0.3, 0.4) is 0 Å². The lowest BCUT2D eigenvalue weighted by Gasteiger charge is -2.31. The van der Waals surface area contributed by atoms with Crippen molar-refractivity contribution in [1.29, 1.82) is 0 Å². The van der Waals surface area contributed by atoms with Crippen LogP contribution in [0.25, 0.3) is 0 Å². The lowest BCUT2D eigenvalue weighted by atomic mass is 9.98. The fourth-order valence-corrected chi connectivity index (χ4v) is 8.18. The van der Waals surface area contributed by atoms with Crippen LogP contribution >= 0.6 is 12.6 Å². The van der Waals surface area contributed by atoms with Crippen LogP contribution in [0.5, 0.6) is 0 Å². The largest absolute Gasteiger partial charge is 0.480 e. The van der Waals surface area contributed by atoms with Gasteiger partial charge in [0.15, 0.2) is 5.96 Å². The Hall–Kier alpha value is -5.88. The number of aliphatic carboxylic acids is 1. The minimum atomic E-state index is -1.67. The summed E-state index contributed by atoms with van der Waals surface area (Å²) in [4.78, 5) is 139. The molecule has 1 fully saturated rings. The summed E-state index contributed by atoms with van der Waals surface area (Å²) in [6, 6.07) is -12.0. The smallest absolute Gasteiger partial charge is 0.326 e. The van der Waals surface area contributed by atoms with Gasteiger partial charge in [-0.1, -0.05) is 20.3 Å². The molecular weight excluding hydrogens is 1000 g/mol. The van der Waals surface area contributed by atoms with Crippen molar-refractivity contribution in [3.63, 3.8) is 0 Å². The highest BCUT2D eigenvalue weighted by Gasteiger charge is 2.40. The lowest BCUT2D eigenvalue weighted by Crippen LogP contribution is -2.61. The third kappa shape index (κ3) is 24.6. The molecule has 1 aliphatic heterocycles. The molecule has 75 heavy (non-hydrogen) atoms. The second-order valence-electron chi connectivity index (χ2n) is 18.7. The van der Waals surface area contributed by atoms with E-state index in [-0.39, 0.29) is 82.3 Å². The zero-order valence-corrected chi connectivity index (χ0v) is 44.5. The first-order valence-electron chi connectivity index (χ1n) is 25.6. The Bertz CT molecular complexity index is 1910. The maximum atomic E-state index is 14.1. The molecule has 0 aromatic carbocycles. The number of primary amides is 1. The van der Waals surface area contributed by atoms with Crippen LogP contribution < -0.4 is 77.4 Å². The number of unbranched alkanes of at least 4 members (excludes halogenated alkanes) is 3. The lowest BCUT2D eigenvalue weighted by molar-refractivity contribution is -0.143. The summed E-state index contributed by atoms with van der Waals surface area (Å²) in [5.41, 5.74) is 39.3. The first kappa shape index (κ1) is 67.1. The van der Waals surface area contributed by atoms with Gasteiger partial charge in [0.2, 0.25) is 53.2 Å². The number of amides is 9. The van der Waals surface area contributed by atoms with Crippen LogP contribution in [0, 0.1) is 5.92 Å². The summed E-state index contributed by atoms with van der Waals surface area (Å²) in [5, 5.41) is 37.9. The second kappa shape index (κ2) is 36.2. The van der Waals surface area contributed by atoms with E-state index in [4.69, 9.17) is 40.1 Å². The summed E-state index contributed by atoms with van der Waals surface area (Å²) >= 11 is 4.28. The van der Waals surface area contributed by atoms with Crippen LogP contribution in [0.1, 0.15) is 117 Å². The van der Waals surface area contributed by atoms with Gasteiger partial charge in [0.05, 0.1) is 18.6 Å². The highest BCUT2D eigenvalue weighted by Crippen LogP contribution is 2.20. The number of aliphatic hydroxyl groups excluding tert-OH is 1. The van der Waals surface area contributed by atoms with Gasteiger partial charge in [0, 0.05) is 18.8 Å².